The van der Waals surface area contributed by atoms with E-state index in [0.717, 1.165) is 12.2 Å². The Kier molecular flexibility index (Phi) is 4.46. The van der Waals surface area contributed by atoms with Crippen molar-refractivity contribution < 1.29 is 17.9 Å². The molecule has 0 amide bonds. The maximum absolute atomic E-state index is 13.0. The van der Waals surface area contributed by atoms with Crippen LogP contribution in [0, 0.1) is 5.92 Å². The highest BCUT2D eigenvalue weighted by atomic mass is 19.4. The number of alkyl halides is 3. The van der Waals surface area contributed by atoms with E-state index < -0.39 is 18.3 Å². The minimum absolute atomic E-state index is 0.0287. The molecule has 0 saturated carbocycles. The summed E-state index contributed by atoms with van der Waals surface area (Å²) in [6, 6.07) is -0.825. The third-order valence-electron chi connectivity index (χ3n) is 3.67. The average Bonchev–Trinajstić information content (AvgIpc) is 2.69. The number of rotatable bonds is 3. The number of nitrogens with zero attached hydrogens (tertiary/aromatic N) is 4. The molecule has 120 valence electrons. The first-order chi connectivity index (χ1) is 9.71. The predicted molar refractivity (Wildman–Crippen MR) is 72.1 cm³/mol. The summed E-state index contributed by atoms with van der Waals surface area (Å²) in [6.07, 6.45) is -5.43. The van der Waals surface area contributed by atoms with Gasteiger partial charge in [0.25, 0.3) is 0 Å². The number of aromatic nitrogens is 3. The van der Waals surface area contributed by atoms with Gasteiger partial charge in [-0.05, 0) is 12.8 Å². The van der Waals surface area contributed by atoms with Crippen molar-refractivity contribution >= 4 is 5.95 Å². The van der Waals surface area contributed by atoms with Crippen molar-refractivity contribution in [1.82, 2.24) is 14.8 Å². The highest BCUT2D eigenvalue weighted by Crippen LogP contribution is 2.31. The summed E-state index contributed by atoms with van der Waals surface area (Å²) in [5.41, 5.74) is 0. The molecule has 1 fully saturated rings. The van der Waals surface area contributed by atoms with Crippen LogP contribution in [0.4, 0.5) is 19.1 Å². The molecular formula is C13H21F3N4O. The van der Waals surface area contributed by atoms with E-state index in [9.17, 15) is 13.2 Å². The predicted octanol–water partition coefficient (Wildman–Crippen LogP) is 2.17. The molecule has 1 saturated heterocycles. The largest absolute Gasteiger partial charge is 0.416 e. The van der Waals surface area contributed by atoms with E-state index in [1.165, 1.54) is 6.92 Å². The molecule has 2 rings (SSSR count). The number of ether oxygens (including phenoxy) is 1. The molecule has 8 heteroatoms. The fourth-order valence-electron chi connectivity index (χ4n) is 2.58. The van der Waals surface area contributed by atoms with Gasteiger partial charge < -0.3 is 14.2 Å². The summed E-state index contributed by atoms with van der Waals surface area (Å²) in [5.74, 6) is 1.66. The molecule has 2 atom stereocenters. The van der Waals surface area contributed by atoms with Gasteiger partial charge in [0.1, 0.15) is 5.82 Å². The van der Waals surface area contributed by atoms with Crippen molar-refractivity contribution in [3.63, 3.8) is 0 Å². The lowest BCUT2D eigenvalue weighted by Gasteiger charge is -2.40. The molecule has 1 aliphatic rings. The number of halogens is 3. The van der Waals surface area contributed by atoms with Crippen molar-refractivity contribution in [3.05, 3.63) is 5.82 Å². The Morgan fingerprint density at radius 2 is 2.00 bits per heavy atom. The quantitative estimate of drug-likeness (QED) is 0.858. The lowest BCUT2D eigenvalue weighted by molar-refractivity contribution is -0.231. The number of anilines is 1. The Morgan fingerprint density at radius 1 is 1.33 bits per heavy atom. The van der Waals surface area contributed by atoms with Gasteiger partial charge in [0.15, 0.2) is 6.10 Å². The molecule has 1 aromatic heterocycles. The Balaban J connectivity index is 2.23. The van der Waals surface area contributed by atoms with Gasteiger partial charge in [-0.15, -0.1) is 10.2 Å². The van der Waals surface area contributed by atoms with Crippen LogP contribution in [-0.2, 0) is 18.2 Å². The summed E-state index contributed by atoms with van der Waals surface area (Å²) < 4.78 is 45.6. The second-order valence-electron chi connectivity index (χ2n) is 5.84. The van der Waals surface area contributed by atoms with Crippen LogP contribution < -0.4 is 4.90 Å². The van der Waals surface area contributed by atoms with Crippen LogP contribution >= 0.6 is 0 Å². The average molecular weight is 306 g/mol. The van der Waals surface area contributed by atoms with Crippen molar-refractivity contribution in [3.8, 4) is 0 Å². The third-order valence-corrected chi connectivity index (χ3v) is 3.67. The molecule has 1 aliphatic heterocycles. The van der Waals surface area contributed by atoms with Gasteiger partial charge in [0, 0.05) is 20.0 Å². The zero-order chi connectivity index (χ0) is 15.8. The first-order valence-corrected chi connectivity index (χ1v) is 7.05. The molecular weight excluding hydrogens is 285 g/mol. The van der Waals surface area contributed by atoms with Crippen molar-refractivity contribution in [2.45, 2.75) is 45.5 Å². The SMILES string of the molecule is CC(C)Cc1nnc(N2CCO[C@H](C(F)(F)F)[C@@H]2C)n1C. The van der Waals surface area contributed by atoms with Gasteiger partial charge in [-0.25, -0.2) is 0 Å². The van der Waals surface area contributed by atoms with E-state index in [1.54, 1.807) is 16.5 Å². The second kappa shape index (κ2) is 5.82. The highest BCUT2D eigenvalue weighted by Gasteiger charge is 2.48. The molecule has 0 spiro atoms. The molecule has 1 aromatic rings. The van der Waals surface area contributed by atoms with E-state index in [-0.39, 0.29) is 6.61 Å². The lowest BCUT2D eigenvalue weighted by atomic mass is 10.1. The van der Waals surface area contributed by atoms with Gasteiger partial charge in [0.2, 0.25) is 5.95 Å². The van der Waals surface area contributed by atoms with Crippen LogP contribution in [-0.4, -0.2) is 46.2 Å². The van der Waals surface area contributed by atoms with Gasteiger partial charge in [-0.3, -0.25) is 0 Å². The summed E-state index contributed by atoms with van der Waals surface area (Å²) in [7, 11) is 1.79. The molecule has 5 nitrogen and oxygen atoms in total. The first kappa shape index (κ1) is 16.1. The van der Waals surface area contributed by atoms with E-state index in [0.29, 0.717) is 18.4 Å². The fraction of sp³-hybridized carbons (Fsp3) is 0.846. The summed E-state index contributed by atoms with van der Waals surface area (Å²) in [4.78, 5) is 1.62. The van der Waals surface area contributed by atoms with Crippen molar-refractivity contribution in [1.29, 1.82) is 0 Å². The Bertz CT molecular complexity index is 486. The zero-order valence-electron chi connectivity index (χ0n) is 12.7. The highest BCUT2D eigenvalue weighted by molar-refractivity contribution is 5.34. The van der Waals surface area contributed by atoms with Crippen molar-refractivity contribution in [2.24, 2.45) is 13.0 Å². The van der Waals surface area contributed by atoms with Gasteiger partial charge in [-0.1, -0.05) is 13.8 Å². The molecule has 2 heterocycles. The normalized spacial score (nSPS) is 23.9. The molecule has 0 aromatic carbocycles. The Labute approximate surface area is 122 Å². The van der Waals surface area contributed by atoms with Crippen LogP contribution in [0.2, 0.25) is 0 Å². The molecule has 0 unspecified atom stereocenters. The molecule has 0 aliphatic carbocycles. The summed E-state index contributed by atoms with van der Waals surface area (Å²) in [6.45, 7) is 6.03. The third kappa shape index (κ3) is 3.30. The first-order valence-electron chi connectivity index (χ1n) is 7.05. The van der Waals surface area contributed by atoms with E-state index in [4.69, 9.17) is 4.74 Å². The van der Waals surface area contributed by atoms with Gasteiger partial charge >= 0.3 is 6.18 Å². The minimum Gasteiger partial charge on any atom is -0.365 e. The number of morpholine rings is 1. The zero-order valence-corrected chi connectivity index (χ0v) is 12.7. The minimum atomic E-state index is -4.38. The second-order valence-corrected chi connectivity index (χ2v) is 5.84. The Hall–Kier alpha value is -1.31. The fourth-order valence-corrected chi connectivity index (χ4v) is 2.58. The maximum atomic E-state index is 13.0. The van der Waals surface area contributed by atoms with Gasteiger partial charge in [-0.2, -0.15) is 13.2 Å². The number of hydrogen-bond donors (Lipinski definition) is 0. The van der Waals surface area contributed by atoms with Crippen LogP contribution in [0.5, 0.6) is 0 Å². The van der Waals surface area contributed by atoms with Crippen LogP contribution in [0.1, 0.15) is 26.6 Å². The number of hydrogen-bond acceptors (Lipinski definition) is 4. The smallest absolute Gasteiger partial charge is 0.365 e. The van der Waals surface area contributed by atoms with E-state index >= 15 is 0 Å². The van der Waals surface area contributed by atoms with Crippen LogP contribution in [0.3, 0.4) is 0 Å². The van der Waals surface area contributed by atoms with Gasteiger partial charge in [0.05, 0.1) is 12.6 Å². The van der Waals surface area contributed by atoms with E-state index in [1.807, 2.05) is 0 Å². The standard InChI is InChI=1S/C13H21F3N4O/c1-8(2)7-10-17-18-12(19(10)4)20-5-6-21-11(9(20)3)13(14,15)16/h8-9,11H,5-7H2,1-4H3/t9-,11-/m0/s1. The van der Waals surface area contributed by atoms with E-state index in [2.05, 4.69) is 24.0 Å². The summed E-state index contributed by atoms with van der Waals surface area (Å²) >= 11 is 0. The molecule has 21 heavy (non-hydrogen) atoms. The molecule has 0 radical (unpaired) electrons. The monoisotopic (exact) mass is 306 g/mol. The molecule has 0 N–H and O–H groups in total. The maximum Gasteiger partial charge on any atom is 0.416 e. The molecule has 0 bridgehead atoms. The Morgan fingerprint density at radius 3 is 2.57 bits per heavy atom. The van der Waals surface area contributed by atoms with Crippen LogP contribution in [0.15, 0.2) is 0 Å². The lowest BCUT2D eigenvalue weighted by Crippen LogP contribution is -2.56. The summed E-state index contributed by atoms with van der Waals surface area (Å²) in [5, 5.41) is 8.18. The van der Waals surface area contributed by atoms with Crippen LogP contribution in [0.25, 0.3) is 0 Å². The topological polar surface area (TPSA) is 43.2 Å². The van der Waals surface area contributed by atoms with Crippen molar-refractivity contribution in [2.75, 3.05) is 18.1 Å².